The summed E-state index contributed by atoms with van der Waals surface area (Å²) in [5.41, 5.74) is 5.33. The molecule has 0 aliphatic heterocycles. The Kier molecular flexibility index (Phi) is 18.9. The number of hydrogen-bond acceptors (Lipinski definition) is 4. The van der Waals surface area contributed by atoms with E-state index in [4.69, 9.17) is 10.8 Å². The van der Waals surface area contributed by atoms with Gasteiger partial charge in [0.1, 0.15) is 0 Å². The van der Waals surface area contributed by atoms with Crippen molar-refractivity contribution in [2.75, 3.05) is 32.7 Å². The Morgan fingerprint density at radius 2 is 1.53 bits per heavy atom. The van der Waals surface area contributed by atoms with Crippen LogP contribution in [0.1, 0.15) is 32.1 Å². The molecular formula is C11H26N3NaO2. The first-order valence-electron chi connectivity index (χ1n) is 6.10. The summed E-state index contributed by atoms with van der Waals surface area (Å²) in [5, 5.41) is 15.0. The molecule has 0 aromatic heterocycles. The minimum atomic E-state index is -0.691. The first kappa shape index (κ1) is 19.7. The molecule has 0 aromatic rings. The Labute approximate surface area is 126 Å². The molecule has 0 bridgehead atoms. The van der Waals surface area contributed by atoms with Crippen LogP contribution in [0.5, 0.6) is 0 Å². The summed E-state index contributed by atoms with van der Waals surface area (Å²) in [6, 6.07) is 0. The van der Waals surface area contributed by atoms with Crippen LogP contribution in [-0.2, 0) is 4.79 Å². The van der Waals surface area contributed by atoms with Crippen LogP contribution in [0.4, 0.5) is 0 Å². The molecule has 0 radical (unpaired) electrons. The molecule has 0 unspecified atom stereocenters. The average Bonchev–Trinajstić information content (AvgIpc) is 2.25. The van der Waals surface area contributed by atoms with Crippen molar-refractivity contribution in [1.29, 1.82) is 0 Å². The number of carboxylic acid groups (broad SMARTS) is 1. The van der Waals surface area contributed by atoms with Crippen LogP contribution in [0.2, 0.25) is 0 Å². The van der Waals surface area contributed by atoms with E-state index in [2.05, 4.69) is 10.6 Å². The third-order valence-corrected chi connectivity index (χ3v) is 2.29. The van der Waals surface area contributed by atoms with Crippen molar-refractivity contribution in [3.8, 4) is 0 Å². The Bertz CT molecular complexity index is 171. The molecule has 0 spiro atoms. The van der Waals surface area contributed by atoms with Crippen LogP contribution < -0.4 is 16.4 Å². The topological polar surface area (TPSA) is 87.4 Å². The molecule has 0 aliphatic carbocycles. The summed E-state index contributed by atoms with van der Waals surface area (Å²) in [6.45, 7) is 4.49. The van der Waals surface area contributed by atoms with Crippen molar-refractivity contribution >= 4 is 35.5 Å². The first-order chi connectivity index (χ1) is 7.77. The van der Waals surface area contributed by atoms with E-state index in [1.807, 2.05) is 0 Å². The number of nitrogens with two attached hydrogens (primary N) is 1. The third kappa shape index (κ3) is 18.9. The summed E-state index contributed by atoms with van der Waals surface area (Å²) < 4.78 is 0. The van der Waals surface area contributed by atoms with Gasteiger partial charge < -0.3 is 21.5 Å². The zero-order valence-corrected chi connectivity index (χ0v) is 10.0. The predicted molar refractivity (Wildman–Crippen MR) is 72.7 cm³/mol. The van der Waals surface area contributed by atoms with E-state index in [-0.39, 0.29) is 29.6 Å². The van der Waals surface area contributed by atoms with Crippen LogP contribution in [0.3, 0.4) is 0 Å². The van der Waals surface area contributed by atoms with Crippen molar-refractivity contribution in [1.82, 2.24) is 10.6 Å². The molecule has 17 heavy (non-hydrogen) atoms. The van der Waals surface area contributed by atoms with Crippen LogP contribution in [0, 0.1) is 0 Å². The van der Waals surface area contributed by atoms with Gasteiger partial charge in [-0.2, -0.15) is 0 Å². The maximum atomic E-state index is 10.2. The normalized spacial score (nSPS) is 9.94. The zero-order chi connectivity index (χ0) is 12.1. The fourth-order valence-corrected chi connectivity index (χ4v) is 1.41. The molecule has 5 nitrogen and oxygen atoms in total. The van der Waals surface area contributed by atoms with Crippen LogP contribution in [0.25, 0.3) is 0 Å². The van der Waals surface area contributed by atoms with Gasteiger partial charge >= 0.3 is 35.5 Å². The number of carboxylic acids is 1. The standard InChI is InChI=1S/C11H25N3O2.Na.H/c12-6-8-14-10-9-13-7-4-2-1-3-5-11(15)16;;/h13-14H,1-10,12H2,(H,15,16);;. The van der Waals surface area contributed by atoms with Gasteiger partial charge in [-0.15, -0.1) is 0 Å². The van der Waals surface area contributed by atoms with Gasteiger partial charge in [0.25, 0.3) is 0 Å². The molecule has 0 aliphatic rings. The summed E-state index contributed by atoms with van der Waals surface area (Å²) in [6.07, 6.45) is 4.34. The molecule has 0 saturated carbocycles. The minimum absolute atomic E-state index is 0. The Balaban J connectivity index is 0. The van der Waals surface area contributed by atoms with Gasteiger partial charge in [0.15, 0.2) is 0 Å². The Morgan fingerprint density at radius 1 is 0.941 bits per heavy atom. The molecule has 0 aromatic carbocycles. The summed E-state index contributed by atoms with van der Waals surface area (Å²) in [5.74, 6) is -0.691. The maximum absolute atomic E-state index is 10.2. The second-order valence-electron chi connectivity index (χ2n) is 3.85. The third-order valence-electron chi connectivity index (χ3n) is 2.29. The zero-order valence-electron chi connectivity index (χ0n) is 10.0. The van der Waals surface area contributed by atoms with Gasteiger partial charge in [-0.1, -0.05) is 12.8 Å². The van der Waals surface area contributed by atoms with Gasteiger partial charge in [0, 0.05) is 32.6 Å². The average molecular weight is 255 g/mol. The number of hydrogen-bond donors (Lipinski definition) is 4. The number of unbranched alkanes of at least 4 members (excludes halogenated alkanes) is 3. The van der Waals surface area contributed by atoms with Crippen LogP contribution >= 0.6 is 0 Å². The van der Waals surface area contributed by atoms with Crippen molar-refractivity contribution in [2.24, 2.45) is 5.73 Å². The summed E-state index contributed by atoms with van der Waals surface area (Å²) in [7, 11) is 0. The fraction of sp³-hybridized carbons (Fsp3) is 0.909. The molecule has 0 atom stereocenters. The van der Waals surface area contributed by atoms with Gasteiger partial charge in [-0.05, 0) is 19.4 Å². The summed E-state index contributed by atoms with van der Waals surface area (Å²) in [4.78, 5) is 10.2. The summed E-state index contributed by atoms with van der Waals surface area (Å²) >= 11 is 0. The Hall–Kier alpha value is 0.350. The fourth-order valence-electron chi connectivity index (χ4n) is 1.41. The van der Waals surface area contributed by atoms with E-state index in [1.54, 1.807) is 0 Å². The monoisotopic (exact) mass is 255 g/mol. The molecular weight excluding hydrogens is 229 g/mol. The van der Waals surface area contributed by atoms with E-state index < -0.39 is 5.97 Å². The molecule has 0 fully saturated rings. The van der Waals surface area contributed by atoms with E-state index in [9.17, 15) is 4.79 Å². The number of aliphatic carboxylic acids is 1. The number of nitrogens with one attached hydrogen (secondary N) is 2. The van der Waals surface area contributed by atoms with Gasteiger partial charge in [0.2, 0.25) is 0 Å². The van der Waals surface area contributed by atoms with Crippen molar-refractivity contribution < 1.29 is 9.90 Å². The molecule has 5 N–H and O–H groups in total. The quantitative estimate of drug-likeness (QED) is 0.279. The second kappa shape index (κ2) is 16.4. The number of rotatable bonds is 12. The molecule has 0 rings (SSSR count). The van der Waals surface area contributed by atoms with E-state index in [0.29, 0.717) is 13.0 Å². The second-order valence-corrected chi connectivity index (χ2v) is 3.85. The number of carbonyl (C=O) groups is 1. The SMILES string of the molecule is NCCNCCNCCCCCCC(=O)O.[NaH]. The molecule has 6 heteroatoms. The van der Waals surface area contributed by atoms with Crippen molar-refractivity contribution in [2.45, 2.75) is 32.1 Å². The van der Waals surface area contributed by atoms with Crippen LogP contribution in [0.15, 0.2) is 0 Å². The van der Waals surface area contributed by atoms with Gasteiger partial charge in [0.05, 0.1) is 0 Å². The molecule has 0 amide bonds. The molecule has 0 saturated heterocycles. The van der Waals surface area contributed by atoms with Crippen molar-refractivity contribution in [3.63, 3.8) is 0 Å². The van der Waals surface area contributed by atoms with Gasteiger partial charge in [-0.3, -0.25) is 4.79 Å². The molecule has 0 heterocycles. The van der Waals surface area contributed by atoms with Crippen LogP contribution in [-0.4, -0.2) is 73.4 Å². The Morgan fingerprint density at radius 3 is 2.12 bits per heavy atom. The molecule has 98 valence electrons. The van der Waals surface area contributed by atoms with Gasteiger partial charge in [-0.25, -0.2) is 0 Å². The van der Waals surface area contributed by atoms with Crippen molar-refractivity contribution in [3.05, 3.63) is 0 Å². The predicted octanol–water partition coefficient (Wildman–Crippen LogP) is -0.489. The van der Waals surface area contributed by atoms with E-state index >= 15 is 0 Å². The van der Waals surface area contributed by atoms with E-state index in [1.165, 1.54) is 0 Å². The first-order valence-corrected chi connectivity index (χ1v) is 6.10. The van der Waals surface area contributed by atoms with E-state index in [0.717, 1.165) is 51.9 Å².